The summed E-state index contributed by atoms with van der Waals surface area (Å²) in [5, 5.41) is 7.30. The fourth-order valence-electron chi connectivity index (χ4n) is 6.17. The van der Waals surface area contributed by atoms with E-state index in [-0.39, 0.29) is 11.9 Å². The molecule has 202 valence electrons. The molecule has 10 heteroatoms. The number of carbonyl (C=O) groups excluding carboxylic acids is 1. The van der Waals surface area contributed by atoms with Gasteiger partial charge in [0, 0.05) is 47.3 Å². The molecule has 9 nitrogen and oxygen atoms in total. The zero-order chi connectivity index (χ0) is 26.1. The molecule has 1 aliphatic heterocycles. The van der Waals surface area contributed by atoms with Crippen LogP contribution >= 0.6 is 15.9 Å². The van der Waals surface area contributed by atoms with E-state index in [2.05, 4.69) is 31.1 Å². The second-order valence-electron chi connectivity index (χ2n) is 11.1. The maximum Gasteiger partial charge on any atom is 0.253 e. The average molecular weight is 582 g/mol. The van der Waals surface area contributed by atoms with Crippen molar-refractivity contribution in [3.05, 3.63) is 40.6 Å². The van der Waals surface area contributed by atoms with E-state index in [1.807, 2.05) is 35.5 Å². The first-order valence-electron chi connectivity index (χ1n) is 14.1. The number of piperidine rings is 1. The molecule has 1 saturated heterocycles. The molecule has 3 aromatic rings. The van der Waals surface area contributed by atoms with Gasteiger partial charge in [0.25, 0.3) is 5.91 Å². The Bertz CT molecular complexity index is 1260. The van der Waals surface area contributed by atoms with Gasteiger partial charge < -0.3 is 25.8 Å². The zero-order valence-electron chi connectivity index (χ0n) is 21.8. The van der Waals surface area contributed by atoms with Crippen molar-refractivity contribution in [1.82, 2.24) is 24.4 Å². The number of nitrogens with zero attached hydrogens (tertiary/aromatic N) is 5. The molecule has 2 aromatic heterocycles. The van der Waals surface area contributed by atoms with Crippen LogP contribution in [0.3, 0.4) is 0 Å². The molecule has 38 heavy (non-hydrogen) atoms. The van der Waals surface area contributed by atoms with Crippen LogP contribution in [0.1, 0.15) is 80.6 Å². The van der Waals surface area contributed by atoms with E-state index >= 15 is 0 Å². The van der Waals surface area contributed by atoms with Gasteiger partial charge in [-0.2, -0.15) is 9.97 Å². The fraction of sp³-hybridized carbons (Fsp3) is 0.571. The number of hydrogen-bond donors (Lipinski definition) is 3. The minimum Gasteiger partial charge on any atom is -0.365 e. The topological polar surface area (TPSA) is 114 Å². The summed E-state index contributed by atoms with van der Waals surface area (Å²) in [4.78, 5) is 29.6. The maximum atomic E-state index is 13.0. The summed E-state index contributed by atoms with van der Waals surface area (Å²) < 4.78 is 3.24. The third kappa shape index (κ3) is 5.52. The molecule has 2 saturated carbocycles. The standard InChI is InChI=1S/C28H37BrN8O/c29-19-7-5-18(6-8-19)27(38)36-15-13-22(14-16-36)32-25-24-26(37(17-31-24)23-3-1-2-4-23)35-28(34-25)33-21-11-9-20(30)10-12-21/h5-8,17,20-23H,1-4,9-16,30H2,(H2,32,33,34,35)/t20-,21-. The summed E-state index contributed by atoms with van der Waals surface area (Å²) in [5.41, 5.74) is 8.60. The lowest BCUT2D eigenvalue weighted by atomic mass is 9.92. The minimum atomic E-state index is 0.0920. The quantitative estimate of drug-likeness (QED) is 0.371. The van der Waals surface area contributed by atoms with Gasteiger partial charge in [0.05, 0.1) is 6.33 Å². The number of nitrogens with two attached hydrogens (primary N) is 1. The highest BCUT2D eigenvalue weighted by atomic mass is 79.9. The van der Waals surface area contributed by atoms with E-state index in [0.717, 1.165) is 65.5 Å². The molecule has 6 rings (SSSR count). The molecule has 0 atom stereocenters. The number of rotatable bonds is 6. The summed E-state index contributed by atoms with van der Waals surface area (Å²) in [5.74, 6) is 1.55. The molecular formula is C28H37BrN8O. The largest absolute Gasteiger partial charge is 0.365 e. The minimum absolute atomic E-state index is 0.0920. The van der Waals surface area contributed by atoms with Crippen molar-refractivity contribution in [2.45, 2.75) is 88.4 Å². The lowest BCUT2D eigenvalue weighted by Crippen LogP contribution is -2.42. The van der Waals surface area contributed by atoms with E-state index in [0.29, 0.717) is 37.2 Å². The van der Waals surface area contributed by atoms with Crippen LogP contribution in [0.2, 0.25) is 0 Å². The van der Waals surface area contributed by atoms with Crippen molar-refractivity contribution in [2.75, 3.05) is 23.7 Å². The molecule has 3 aliphatic rings. The number of benzene rings is 1. The molecule has 0 unspecified atom stereocenters. The highest BCUT2D eigenvalue weighted by molar-refractivity contribution is 9.10. The number of halogens is 1. The van der Waals surface area contributed by atoms with Crippen molar-refractivity contribution in [1.29, 1.82) is 0 Å². The Balaban J connectivity index is 1.19. The first-order chi connectivity index (χ1) is 18.5. The molecule has 1 aromatic carbocycles. The summed E-state index contributed by atoms with van der Waals surface area (Å²) >= 11 is 3.44. The van der Waals surface area contributed by atoms with Crippen LogP contribution in [0.4, 0.5) is 11.8 Å². The Morgan fingerprint density at radius 2 is 1.58 bits per heavy atom. The SMILES string of the molecule is N[C@H]1CC[C@H](Nc2nc(NC3CCN(C(=O)c4ccc(Br)cc4)CC3)c3ncn(C4CCCC4)c3n2)CC1. The molecular weight excluding hydrogens is 544 g/mol. The van der Waals surface area contributed by atoms with Gasteiger partial charge in [-0.3, -0.25) is 4.79 Å². The van der Waals surface area contributed by atoms with Crippen molar-refractivity contribution in [3.63, 3.8) is 0 Å². The molecule has 0 radical (unpaired) electrons. The smallest absolute Gasteiger partial charge is 0.253 e. The number of hydrogen-bond acceptors (Lipinski definition) is 7. The predicted molar refractivity (Wildman–Crippen MR) is 153 cm³/mol. The van der Waals surface area contributed by atoms with E-state index in [9.17, 15) is 4.79 Å². The van der Waals surface area contributed by atoms with Crippen LogP contribution in [0.25, 0.3) is 11.2 Å². The Morgan fingerprint density at radius 1 is 0.895 bits per heavy atom. The van der Waals surface area contributed by atoms with Crippen LogP contribution in [0, 0.1) is 0 Å². The van der Waals surface area contributed by atoms with E-state index in [1.54, 1.807) is 0 Å². The molecule has 4 N–H and O–H groups in total. The van der Waals surface area contributed by atoms with Crippen LogP contribution in [0.5, 0.6) is 0 Å². The van der Waals surface area contributed by atoms with E-state index < -0.39 is 0 Å². The summed E-state index contributed by atoms with van der Waals surface area (Å²) in [6, 6.07) is 8.91. The fourth-order valence-corrected chi connectivity index (χ4v) is 6.44. The third-order valence-electron chi connectivity index (χ3n) is 8.46. The van der Waals surface area contributed by atoms with Crippen molar-refractivity contribution < 1.29 is 4.79 Å². The Kier molecular flexibility index (Phi) is 7.52. The number of anilines is 2. The van der Waals surface area contributed by atoms with Crippen LogP contribution in [-0.4, -0.2) is 61.5 Å². The Hall–Kier alpha value is -2.72. The number of aromatic nitrogens is 4. The molecule has 0 spiro atoms. The van der Waals surface area contributed by atoms with Gasteiger partial charge in [-0.25, -0.2) is 4.98 Å². The van der Waals surface area contributed by atoms with Crippen molar-refractivity contribution in [3.8, 4) is 0 Å². The molecule has 3 fully saturated rings. The highest BCUT2D eigenvalue weighted by Gasteiger charge is 2.27. The summed E-state index contributed by atoms with van der Waals surface area (Å²) in [6.07, 6.45) is 12.7. The zero-order valence-corrected chi connectivity index (χ0v) is 23.4. The monoisotopic (exact) mass is 580 g/mol. The van der Waals surface area contributed by atoms with Crippen LogP contribution in [-0.2, 0) is 0 Å². The van der Waals surface area contributed by atoms with E-state index in [1.165, 1.54) is 25.7 Å². The third-order valence-corrected chi connectivity index (χ3v) is 8.99. The van der Waals surface area contributed by atoms with Crippen LogP contribution in [0.15, 0.2) is 35.1 Å². The number of nitrogens with one attached hydrogen (secondary N) is 2. The number of imidazole rings is 1. The lowest BCUT2D eigenvalue weighted by molar-refractivity contribution is 0.0718. The Morgan fingerprint density at radius 3 is 2.29 bits per heavy atom. The normalized spacial score (nSPS) is 23.2. The number of fused-ring (bicyclic) bond motifs is 1. The summed E-state index contributed by atoms with van der Waals surface area (Å²) in [7, 11) is 0. The first kappa shape index (κ1) is 25.6. The Labute approximate surface area is 232 Å². The number of likely N-dealkylation sites (tertiary alicyclic amines) is 1. The number of carbonyl (C=O) groups is 1. The summed E-state index contributed by atoms with van der Waals surface area (Å²) in [6.45, 7) is 1.43. The first-order valence-corrected chi connectivity index (χ1v) is 14.9. The van der Waals surface area contributed by atoms with Crippen molar-refractivity contribution >= 4 is 44.8 Å². The molecule has 1 amide bonds. The average Bonchev–Trinajstić information content (AvgIpc) is 3.61. The molecule has 3 heterocycles. The van der Waals surface area contributed by atoms with Gasteiger partial charge in [0.1, 0.15) is 0 Å². The maximum absolute atomic E-state index is 13.0. The van der Waals surface area contributed by atoms with Gasteiger partial charge in [-0.15, -0.1) is 0 Å². The van der Waals surface area contributed by atoms with Gasteiger partial charge in [0.2, 0.25) is 5.95 Å². The molecule has 0 bridgehead atoms. The van der Waals surface area contributed by atoms with Crippen molar-refractivity contribution in [2.24, 2.45) is 5.73 Å². The van der Waals surface area contributed by atoms with Gasteiger partial charge in [0.15, 0.2) is 17.0 Å². The second-order valence-corrected chi connectivity index (χ2v) is 12.0. The highest BCUT2D eigenvalue weighted by Crippen LogP contribution is 2.34. The van der Waals surface area contributed by atoms with Gasteiger partial charge in [-0.1, -0.05) is 28.8 Å². The van der Waals surface area contributed by atoms with Crippen LogP contribution < -0.4 is 16.4 Å². The number of amides is 1. The lowest BCUT2D eigenvalue weighted by Gasteiger charge is -2.33. The van der Waals surface area contributed by atoms with Gasteiger partial charge >= 0.3 is 0 Å². The van der Waals surface area contributed by atoms with Gasteiger partial charge in [-0.05, 0) is 75.6 Å². The van der Waals surface area contributed by atoms with E-state index in [4.69, 9.17) is 20.7 Å². The predicted octanol–water partition coefficient (Wildman–Crippen LogP) is 5.10. The molecule has 2 aliphatic carbocycles. The second kappa shape index (κ2) is 11.2.